The Morgan fingerprint density at radius 1 is 0.969 bits per heavy atom. The summed E-state index contributed by atoms with van der Waals surface area (Å²) in [6.45, 7) is 0. The summed E-state index contributed by atoms with van der Waals surface area (Å²) in [5, 5.41) is 12.8. The molecule has 2 aromatic heterocycles. The highest BCUT2D eigenvalue weighted by molar-refractivity contribution is 6.09. The Labute approximate surface area is 181 Å². The van der Waals surface area contributed by atoms with E-state index in [1.54, 1.807) is 13.2 Å². The van der Waals surface area contributed by atoms with Gasteiger partial charge >= 0.3 is 11.6 Å². The fraction of sp³-hybridized carbons (Fsp3) is 0.0833. The third-order valence-corrected chi connectivity index (χ3v) is 5.09. The van der Waals surface area contributed by atoms with Crippen molar-refractivity contribution in [3.8, 4) is 5.75 Å². The minimum atomic E-state index is -0.747. The van der Waals surface area contributed by atoms with Crippen LogP contribution in [0.5, 0.6) is 5.75 Å². The van der Waals surface area contributed by atoms with Crippen molar-refractivity contribution in [1.29, 1.82) is 0 Å². The van der Waals surface area contributed by atoms with Gasteiger partial charge in [0.15, 0.2) is 0 Å². The first kappa shape index (κ1) is 19.5. The van der Waals surface area contributed by atoms with Crippen molar-refractivity contribution in [3.63, 3.8) is 0 Å². The molecule has 0 aliphatic heterocycles. The number of amides is 1. The molecule has 2 heterocycles. The molecule has 0 aliphatic carbocycles. The molecule has 0 radical (unpaired) electrons. The molecule has 0 fully saturated rings. The van der Waals surface area contributed by atoms with E-state index in [0.29, 0.717) is 23.3 Å². The van der Waals surface area contributed by atoms with E-state index in [0.717, 1.165) is 22.1 Å². The summed E-state index contributed by atoms with van der Waals surface area (Å²) in [5.41, 5.74) is 0.450. The maximum Gasteiger partial charge on any atom is 0.349 e. The van der Waals surface area contributed by atoms with Gasteiger partial charge in [0, 0.05) is 5.39 Å². The Hall–Kier alpha value is -4.46. The predicted octanol–water partition coefficient (Wildman–Crippen LogP) is 4.18. The number of aromatic nitrogens is 2. The van der Waals surface area contributed by atoms with Crippen LogP contribution < -0.4 is 15.7 Å². The number of carbonyl (C=O) groups is 1. The summed E-state index contributed by atoms with van der Waals surface area (Å²) in [7, 11) is 1.60. The Bertz CT molecular complexity index is 1500. The van der Waals surface area contributed by atoms with Crippen LogP contribution in [0.4, 0.5) is 6.01 Å². The van der Waals surface area contributed by atoms with Crippen molar-refractivity contribution in [2.45, 2.75) is 6.42 Å². The van der Waals surface area contributed by atoms with E-state index < -0.39 is 11.5 Å². The Morgan fingerprint density at radius 3 is 2.59 bits per heavy atom. The molecule has 5 rings (SSSR count). The van der Waals surface area contributed by atoms with Crippen LogP contribution in [0.25, 0.3) is 21.7 Å². The van der Waals surface area contributed by atoms with Crippen molar-refractivity contribution < 1.29 is 18.4 Å². The summed E-state index contributed by atoms with van der Waals surface area (Å²) in [4.78, 5) is 25.1. The van der Waals surface area contributed by atoms with Gasteiger partial charge in [-0.3, -0.25) is 10.1 Å². The standard InChI is InChI=1S/C24H17N3O5/c1-30-16-9-6-14(7-10-16)12-21-26-27-24(32-21)25-22(28)19-13-18-17-5-3-2-4-15(17)8-11-20(18)31-23(19)29/h2-11,13H,12H2,1H3,(H,25,27,28). The molecule has 0 bridgehead atoms. The van der Waals surface area contributed by atoms with E-state index in [2.05, 4.69) is 15.5 Å². The van der Waals surface area contributed by atoms with Gasteiger partial charge in [-0.25, -0.2) is 4.79 Å². The maximum absolute atomic E-state index is 12.7. The minimum absolute atomic E-state index is 0.101. The largest absolute Gasteiger partial charge is 0.497 e. The fourth-order valence-corrected chi connectivity index (χ4v) is 3.49. The highest BCUT2D eigenvalue weighted by Gasteiger charge is 2.18. The number of fused-ring (bicyclic) bond motifs is 3. The van der Waals surface area contributed by atoms with E-state index in [1.807, 2.05) is 54.6 Å². The van der Waals surface area contributed by atoms with Crippen LogP contribution in [-0.2, 0) is 6.42 Å². The molecule has 3 aromatic carbocycles. The molecule has 0 spiro atoms. The number of anilines is 1. The molecule has 0 atom stereocenters. The smallest absolute Gasteiger partial charge is 0.349 e. The number of nitrogens with zero attached hydrogens (tertiary/aromatic N) is 2. The molecule has 5 aromatic rings. The summed E-state index contributed by atoms with van der Waals surface area (Å²) in [6.07, 6.45) is 0.386. The molecule has 8 nitrogen and oxygen atoms in total. The highest BCUT2D eigenvalue weighted by atomic mass is 16.5. The Kier molecular flexibility index (Phi) is 4.87. The lowest BCUT2D eigenvalue weighted by molar-refractivity contribution is 0.102. The number of ether oxygens (including phenoxy) is 1. The van der Waals surface area contributed by atoms with E-state index in [-0.39, 0.29) is 11.6 Å². The minimum Gasteiger partial charge on any atom is -0.497 e. The normalized spacial score (nSPS) is 11.0. The number of methoxy groups -OCH3 is 1. The van der Waals surface area contributed by atoms with Gasteiger partial charge < -0.3 is 13.6 Å². The first-order valence-electron chi connectivity index (χ1n) is 9.83. The SMILES string of the molecule is COc1ccc(Cc2nnc(NC(=O)c3cc4c(ccc5ccccc54)oc3=O)o2)cc1. The molecular weight excluding hydrogens is 410 g/mol. The van der Waals surface area contributed by atoms with Gasteiger partial charge in [-0.2, -0.15) is 0 Å². The van der Waals surface area contributed by atoms with Crippen molar-refractivity contribution in [3.05, 3.63) is 94.2 Å². The molecule has 0 unspecified atom stereocenters. The average Bonchev–Trinajstić information content (AvgIpc) is 3.25. The van der Waals surface area contributed by atoms with Crippen molar-refractivity contribution in [2.24, 2.45) is 0 Å². The second-order valence-electron chi connectivity index (χ2n) is 7.13. The zero-order valence-corrected chi connectivity index (χ0v) is 17.0. The molecule has 32 heavy (non-hydrogen) atoms. The van der Waals surface area contributed by atoms with Crippen molar-refractivity contribution >= 4 is 33.7 Å². The molecule has 0 saturated heterocycles. The lowest BCUT2D eigenvalue weighted by Crippen LogP contribution is -2.20. The lowest BCUT2D eigenvalue weighted by Gasteiger charge is -2.05. The number of nitrogens with one attached hydrogen (secondary N) is 1. The van der Waals surface area contributed by atoms with Gasteiger partial charge in [-0.15, -0.1) is 5.10 Å². The molecule has 0 aliphatic rings. The van der Waals surface area contributed by atoms with Crippen molar-refractivity contribution in [2.75, 3.05) is 12.4 Å². The zero-order valence-electron chi connectivity index (χ0n) is 17.0. The van der Waals surface area contributed by atoms with E-state index in [4.69, 9.17) is 13.6 Å². The van der Waals surface area contributed by atoms with Crippen LogP contribution in [0.2, 0.25) is 0 Å². The number of hydrogen-bond acceptors (Lipinski definition) is 7. The maximum atomic E-state index is 12.7. The second kappa shape index (κ2) is 7.99. The number of carbonyl (C=O) groups excluding carboxylic acids is 1. The van der Waals surface area contributed by atoms with Gasteiger partial charge in [0.25, 0.3) is 5.91 Å². The molecule has 158 valence electrons. The van der Waals surface area contributed by atoms with Crippen LogP contribution in [0.3, 0.4) is 0 Å². The fourth-order valence-electron chi connectivity index (χ4n) is 3.49. The number of hydrogen-bond donors (Lipinski definition) is 1. The van der Waals surface area contributed by atoms with Gasteiger partial charge in [0.2, 0.25) is 5.89 Å². The summed E-state index contributed by atoms with van der Waals surface area (Å²) >= 11 is 0. The van der Waals surface area contributed by atoms with Crippen LogP contribution in [0.15, 0.2) is 80.4 Å². The van der Waals surface area contributed by atoms with E-state index in [9.17, 15) is 9.59 Å². The number of rotatable bonds is 5. The monoisotopic (exact) mass is 427 g/mol. The van der Waals surface area contributed by atoms with Gasteiger partial charge in [-0.05, 0) is 40.6 Å². The second-order valence-corrected chi connectivity index (χ2v) is 7.13. The van der Waals surface area contributed by atoms with Crippen LogP contribution in [-0.4, -0.2) is 23.2 Å². The topological polar surface area (TPSA) is 107 Å². The molecule has 1 amide bonds. The summed E-state index contributed by atoms with van der Waals surface area (Å²) < 4.78 is 16.0. The first-order valence-corrected chi connectivity index (χ1v) is 9.83. The molecule has 8 heteroatoms. The van der Waals surface area contributed by atoms with Crippen LogP contribution in [0, 0.1) is 0 Å². The van der Waals surface area contributed by atoms with E-state index in [1.165, 1.54) is 6.07 Å². The zero-order chi connectivity index (χ0) is 22.1. The third-order valence-electron chi connectivity index (χ3n) is 5.09. The van der Waals surface area contributed by atoms with E-state index >= 15 is 0 Å². The van der Waals surface area contributed by atoms with Crippen LogP contribution >= 0.6 is 0 Å². The Balaban J connectivity index is 1.39. The molecule has 0 saturated carbocycles. The predicted molar refractivity (Wildman–Crippen MR) is 118 cm³/mol. The lowest BCUT2D eigenvalue weighted by atomic mass is 10.0. The van der Waals surface area contributed by atoms with Gasteiger partial charge in [0.05, 0.1) is 13.5 Å². The van der Waals surface area contributed by atoms with Crippen molar-refractivity contribution in [1.82, 2.24) is 10.2 Å². The third kappa shape index (κ3) is 3.69. The van der Waals surface area contributed by atoms with Gasteiger partial charge in [0.1, 0.15) is 16.9 Å². The van der Waals surface area contributed by atoms with Gasteiger partial charge in [-0.1, -0.05) is 47.6 Å². The quantitative estimate of drug-likeness (QED) is 0.331. The average molecular weight is 427 g/mol. The molecular formula is C24H17N3O5. The molecule has 1 N–H and O–H groups in total. The van der Waals surface area contributed by atoms with Crippen LogP contribution in [0.1, 0.15) is 21.8 Å². The highest BCUT2D eigenvalue weighted by Crippen LogP contribution is 2.25. The summed E-state index contributed by atoms with van der Waals surface area (Å²) in [6, 6.07) is 20.1. The first-order chi connectivity index (χ1) is 15.6. The Morgan fingerprint density at radius 2 is 1.78 bits per heavy atom. The summed E-state index contributed by atoms with van der Waals surface area (Å²) in [5.74, 6) is 0.379. The number of benzene rings is 3.